The third kappa shape index (κ3) is 5.33. The number of benzene rings is 2. The number of phenolic OH excluding ortho intramolecular Hbond substituents is 1. The van der Waals surface area contributed by atoms with Crippen LogP contribution in [-0.2, 0) is 28.5 Å². The van der Waals surface area contributed by atoms with Gasteiger partial charge >= 0.3 is 5.97 Å². The number of aromatic hydroxyl groups is 1. The summed E-state index contributed by atoms with van der Waals surface area (Å²) in [5.74, 6) is 0.408. The molecule has 1 N–H and O–H groups in total. The lowest BCUT2D eigenvalue weighted by molar-refractivity contribution is -0.129. The van der Waals surface area contributed by atoms with Crippen LogP contribution < -0.4 is 4.74 Å². The molecule has 0 aliphatic heterocycles. The van der Waals surface area contributed by atoms with Gasteiger partial charge in [0, 0.05) is 23.6 Å². The lowest BCUT2D eigenvalue weighted by Gasteiger charge is -2.26. The summed E-state index contributed by atoms with van der Waals surface area (Å²) in [4.78, 5) is 12.1. The summed E-state index contributed by atoms with van der Waals surface area (Å²) in [6.07, 6.45) is 2.54. The van der Waals surface area contributed by atoms with Crippen LogP contribution in [0.5, 0.6) is 11.5 Å². The first-order chi connectivity index (χ1) is 13.8. The van der Waals surface area contributed by atoms with E-state index in [0.29, 0.717) is 17.9 Å². The van der Waals surface area contributed by atoms with Crippen molar-refractivity contribution in [2.24, 2.45) is 0 Å². The Morgan fingerprint density at radius 3 is 2.10 bits per heavy atom. The monoisotopic (exact) mass is 408 g/mol. The summed E-state index contributed by atoms with van der Waals surface area (Å²) in [5.41, 5.74) is 5.53. The van der Waals surface area contributed by atoms with Crippen molar-refractivity contribution in [2.75, 3.05) is 0 Å². The molecule has 0 heterocycles. The fraction of sp³-hybridized carbons (Fsp3) is 0.444. The molecule has 0 spiro atoms. The van der Waals surface area contributed by atoms with Crippen molar-refractivity contribution >= 4 is 5.97 Å². The van der Waals surface area contributed by atoms with E-state index in [0.717, 1.165) is 34.2 Å². The van der Waals surface area contributed by atoms with E-state index in [1.54, 1.807) is 0 Å². The fourth-order valence-electron chi connectivity index (χ4n) is 3.68. The van der Waals surface area contributed by atoms with Gasteiger partial charge in [-0.2, -0.15) is 0 Å². The first kappa shape index (κ1) is 23.7. The molecule has 0 aromatic heterocycles. The zero-order valence-corrected chi connectivity index (χ0v) is 19.8. The van der Waals surface area contributed by atoms with Gasteiger partial charge in [-0.25, -0.2) is 4.79 Å². The highest BCUT2D eigenvalue weighted by Gasteiger charge is 2.26. The van der Waals surface area contributed by atoms with Crippen LogP contribution in [0.25, 0.3) is 0 Å². The predicted octanol–water partition coefficient (Wildman–Crippen LogP) is 6.54. The summed E-state index contributed by atoms with van der Waals surface area (Å²) in [6, 6.07) is 8.25. The van der Waals surface area contributed by atoms with Gasteiger partial charge in [0.05, 0.1) is 0 Å². The smallest absolute Gasteiger partial charge is 0.335 e. The van der Waals surface area contributed by atoms with Crippen molar-refractivity contribution in [3.8, 4) is 11.5 Å². The zero-order chi connectivity index (χ0) is 22.9. The molecular weight excluding hydrogens is 372 g/mol. The average molecular weight is 409 g/mol. The van der Waals surface area contributed by atoms with Crippen LogP contribution in [0, 0.1) is 6.92 Å². The Labute approximate surface area is 181 Å². The molecule has 30 heavy (non-hydrogen) atoms. The number of carbonyl (C=O) groups is 1. The Bertz CT molecular complexity index is 954. The molecule has 2 aromatic carbocycles. The summed E-state index contributed by atoms with van der Waals surface area (Å²) < 4.78 is 5.75. The molecule has 162 valence electrons. The van der Waals surface area contributed by atoms with Gasteiger partial charge in [0.2, 0.25) is 0 Å². The van der Waals surface area contributed by atoms with Gasteiger partial charge in [0.15, 0.2) is 0 Å². The van der Waals surface area contributed by atoms with Crippen molar-refractivity contribution in [3.63, 3.8) is 0 Å². The van der Waals surface area contributed by atoms with Crippen molar-refractivity contribution < 1.29 is 14.6 Å². The predicted molar refractivity (Wildman–Crippen MR) is 125 cm³/mol. The van der Waals surface area contributed by atoms with Gasteiger partial charge in [-0.05, 0) is 40.9 Å². The Hall–Kier alpha value is -2.55. The molecule has 2 aromatic rings. The maximum absolute atomic E-state index is 12.1. The maximum Gasteiger partial charge on any atom is 0.335 e. The standard InChI is InChI=1S/C27H36O3/c1-10-18-14-20(25(30-23(28)11-2)22(15-18)27(7,8)9)16-19-12-17(3)13-21(24(19)29)26(4,5)6/h11-15,29H,2,10,16H2,1,3-9H3. The molecule has 3 nitrogen and oxygen atoms in total. The molecule has 0 bridgehead atoms. The average Bonchev–Trinajstić information content (AvgIpc) is 2.63. The minimum atomic E-state index is -0.477. The number of aryl methyl sites for hydroxylation is 2. The number of ether oxygens (including phenoxy) is 1. The number of hydrogen-bond donors (Lipinski definition) is 1. The topological polar surface area (TPSA) is 46.5 Å². The minimum Gasteiger partial charge on any atom is -0.507 e. The van der Waals surface area contributed by atoms with Gasteiger partial charge in [0.1, 0.15) is 11.5 Å². The molecule has 0 amide bonds. The highest BCUT2D eigenvalue weighted by atomic mass is 16.5. The van der Waals surface area contributed by atoms with Gasteiger partial charge in [-0.15, -0.1) is 0 Å². The number of carbonyl (C=O) groups excluding carboxylic acids is 1. The van der Waals surface area contributed by atoms with Crippen molar-refractivity contribution in [1.29, 1.82) is 0 Å². The Balaban J connectivity index is 2.74. The van der Waals surface area contributed by atoms with E-state index in [2.05, 4.69) is 67.2 Å². The number of phenols is 1. The first-order valence-corrected chi connectivity index (χ1v) is 10.6. The van der Waals surface area contributed by atoms with Gasteiger partial charge in [-0.1, -0.05) is 84.9 Å². The summed E-state index contributed by atoms with van der Waals surface area (Å²) >= 11 is 0. The van der Waals surface area contributed by atoms with Crippen LogP contribution in [0.1, 0.15) is 81.8 Å². The van der Waals surface area contributed by atoms with Crippen LogP contribution in [0.4, 0.5) is 0 Å². The number of esters is 1. The van der Waals surface area contributed by atoms with Crippen LogP contribution in [0.3, 0.4) is 0 Å². The minimum absolute atomic E-state index is 0.176. The molecular formula is C27H36O3. The second-order valence-electron chi connectivity index (χ2n) is 10.1. The van der Waals surface area contributed by atoms with Crippen LogP contribution in [-0.4, -0.2) is 11.1 Å². The molecule has 0 saturated carbocycles. The fourth-order valence-corrected chi connectivity index (χ4v) is 3.68. The normalized spacial score (nSPS) is 12.0. The molecule has 0 radical (unpaired) electrons. The van der Waals surface area contributed by atoms with E-state index >= 15 is 0 Å². The number of rotatable bonds is 5. The van der Waals surface area contributed by atoms with E-state index < -0.39 is 5.97 Å². The Kier molecular flexibility index (Phi) is 6.86. The van der Waals surface area contributed by atoms with Crippen LogP contribution in [0.15, 0.2) is 36.9 Å². The summed E-state index contributed by atoms with van der Waals surface area (Å²) in [7, 11) is 0. The zero-order valence-electron chi connectivity index (χ0n) is 19.8. The lowest BCUT2D eigenvalue weighted by Crippen LogP contribution is -2.18. The summed E-state index contributed by atoms with van der Waals surface area (Å²) in [6.45, 7) is 20.3. The van der Waals surface area contributed by atoms with E-state index in [-0.39, 0.29) is 10.8 Å². The molecule has 0 aliphatic carbocycles. The highest BCUT2D eigenvalue weighted by Crippen LogP contribution is 2.40. The third-order valence-corrected chi connectivity index (χ3v) is 5.33. The Morgan fingerprint density at radius 2 is 1.60 bits per heavy atom. The van der Waals surface area contributed by atoms with Gasteiger partial charge < -0.3 is 9.84 Å². The quantitative estimate of drug-likeness (QED) is 0.347. The lowest BCUT2D eigenvalue weighted by atomic mass is 9.81. The van der Waals surface area contributed by atoms with E-state index in [9.17, 15) is 9.90 Å². The third-order valence-electron chi connectivity index (χ3n) is 5.33. The molecule has 0 saturated heterocycles. The molecule has 0 fully saturated rings. The van der Waals surface area contributed by atoms with Gasteiger partial charge in [0.25, 0.3) is 0 Å². The Morgan fingerprint density at radius 1 is 1.00 bits per heavy atom. The van der Waals surface area contributed by atoms with E-state index in [1.807, 2.05) is 19.1 Å². The second kappa shape index (κ2) is 8.67. The molecule has 0 aliphatic rings. The first-order valence-electron chi connectivity index (χ1n) is 10.6. The van der Waals surface area contributed by atoms with Crippen LogP contribution in [0.2, 0.25) is 0 Å². The largest absolute Gasteiger partial charge is 0.507 e. The molecule has 0 atom stereocenters. The van der Waals surface area contributed by atoms with Crippen molar-refractivity contribution in [3.05, 3.63) is 70.3 Å². The van der Waals surface area contributed by atoms with Crippen molar-refractivity contribution in [2.45, 2.75) is 79.1 Å². The molecule has 2 rings (SSSR count). The van der Waals surface area contributed by atoms with Crippen molar-refractivity contribution in [1.82, 2.24) is 0 Å². The highest BCUT2D eigenvalue weighted by molar-refractivity contribution is 5.84. The summed E-state index contributed by atoms with van der Waals surface area (Å²) in [5, 5.41) is 11.1. The van der Waals surface area contributed by atoms with E-state index in [4.69, 9.17) is 4.74 Å². The maximum atomic E-state index is 12.1. The second-order valence-corrected chi connectivity index (χ2v) is 10.1. The molecule has 0 unspecified atom stereocenters. The van der Waals surface area contributed by atoms with Crippen LogP contribution >= 0.6 is 0 Å². The number of hydrogen-bond acceptors (Lipinski definition) is 3. The van der Waals surface area contributed by atoms with Gasteiger partial charge in [-0.3, -0.25) is 0 Å². The van der Waals surface area contributed by atoms with E-state index in [1.165, 1.54) is 11.6 Å². The molecule has 3 heteroatoms. The SMILES string of the molecule is C=CC(=O)Oc1c(Cc2cc(C)cc(C(C)(C)C)c2O)cc(CC)cc1C(C)(C)C.